The average Bonchev–Trinajstić information content (AvgIpc) is 3.17. The first kappa shape index (κ1) is 19.5. The molecule has 6 nitrogen and oxygen atoms in total. The Morgan fingerprint density at radius 2 is 1.96 bits per heavy atom. The number of benzene rings is 1. The summed E-state index contributed by atoms with van der Waals surface area (Å²) in [6.07, 6.45) is 1.77. The van der Waals surface area contributed by atoms with Gasteiger partial charge in [-0.2, -0.15) is 0 Å². The number of esters is 1. The van der Waals surface area contributed by atoms with Crippen molar-refractivity contribution < 1.29 is 23.5 Å². The number of ether oxygens (including phenoxy) is 2. The minimum absolute atomic E-state index is 0.0909. The van der Waals surface area contributed by atoms with E-state index in [-0.39, 0.29) is 18.2 Å². The van der Waals surface area contributed by atoms with E-state index in [1.807, 2.05) is 18.4 Å². The van der Waals surface area contributed by atoms with Gasteiger partial charge in [0.25, 0.3) is 0 Å². The Labute approximate surface area is 163 Å². The van der Waals surface area contributed by atoms with Crippen LogP contribution in [0.25, 0.3) is 11.0 Å². The molecule has 146 valence electrons. The van der Waals surface area contributed by atoms with Gasteiger partial charge in [-0.3, -0.25) is 4.79 Å². The summed E-state index contributed by atoms with van der Waals surface area (Å²) in [7, 11) is 1.57. The van der Waals surface area contributed by atoms with E-state index < -0.39 is 5.97 Å². The zero-order chi connectivity index (χ0) is 20.4. The Morgan fingerprint density at radius 1 is 1.21 bits per heavy atom. The fraction of sp³-hybridized carbons (Fsp3) is 0.273. The van der Waals surface area contributed by atoms with Crippen molar-refractivity contribution >= 4 is 22.7 Å². The maximum absolute atomic E-state index is 12.5. The third-order valence-electron chi connectivity index (χ3n) is 4.85. The molecule has 1 aromatic carbocycles. The highest BCUT2D eigenvalue weighted by Gasteiger charge is 2.22. The summed E-state index contributed by atoms with van der Waals surface area (Å²) in [5.41, 5.74) is 3.53. The first-order chi connectivity index (χ1) is 13.4. The molecule has 3 aromatic rings. The molecule has 0 aliphatic carbocycles. The summed E-state index contributed by atoms with van der Waals surface area (Å²) >= 11 is 0. The third kappa shape index (κ3) is 3.45. The lowest BCUT2D eigenvalue weighted by Gasteiger charge is -2.06. The Kier molecular flexibility index (Phi) is 5.40. The van der Waals surface area contributed by atoms with Crippen molar-refractivity contribution in [1.29, 1.82) is 0 Å². The molecule has 2 aromatic heterocycles. The van der Waals surface area contributed by atoms with Gasteiger partial charge in [-0.1, -0.05) is 6.08 Å². The van der Waals surface area contributed by atoms with E-state index in [0.717, 1.165) is 16.8 Å². The topological polar surface area (TPSA) is 70.7 Å². The van der Waals surface area contributed by atoms with Crippen LogP contribution in [0.3, 0.4) is 0 Å². The summed E-state index contributed by atoms with van der Waals surface area (Å²) in [5.74, 6) is -0.164. The van der Waals surface area contributed by atoms with Gasteiger partial charge in [-0.15, -0.1) is 6.58 Å². The van der Waals surface area contributed by atoms with Crippen LogP contribution in [-0.2, 0) is 11.3 Å². The Bertz CT molecular complexity index is 1070. The van der Waals surface area contributed by atoms with Gasteiger partial charge in [-0.05, 0) is 45.0 Å². The number of rotatable bonds is 7. The van der Waals surface area contributed by atoms with Crippen LogP contribution in [0.4, 0.5) is 0 Å². The van der Waals surface area contributed by atoms with E-state index in [0.29, 0.717) is 29.0 Å². The molecular weight excluding hydrogens is 358 g/mol. The normalized spacial score (nSPS) is 10.9. The number of hydrogen-bond donors (Lipinski definition) is 0. The van der Waals surface area contributed by atoms with Crippen LogP contribution in [0, 0.1) is 20.8 Å². The predicted octanol–water partition coefficient (Wildman–Crippen LogP) is 4.39. The SMILES string of the molecule is C=CCn1c(C)cc(C(=O)COC(=O)c2oc3ccc(OC)cc3c2C)c1C. The second-order valence-electron chi connectivity index (χ2n) is 6.60. The number of Topliss-reactive ketones (excluding diaryl/α,β-unsaturated/α-hetero) is 1. The number of fused-ring (bicyclic) bond motifs is 1. The maximum atomic E-state index is 12.5. The molecule has 0 N–H and O–H groups in total. The van der Waals surface area contributed by atoms with Crippen molar-refractivity contribution in [2.45, 2.75) is 27.3 Å². The first-order valence-electron chi connectivity index (χ1n) is 8.92. The van der Waals surface area contributed by atoms with Gasteiger partial charge in [0.15, 0.2) is 6.61 Å². The fourth-order valence-corrected chi connectivity index (χ4v) is 3.29. The second-order valence-corrected chi connectivity index (χ2v) is 6.60. The van der Waals surface area contributed by atoms with E-state index >= 15 is 0 Å². The van der Waals surface area contributed by atoms with Crippen LogP contribution in [0.5, 0.6) is 5.75 Å². The van der Waals surface area contributed by atoms with Crippen LogP contribution in [-0.4, -0.2) is 30.0 Å². The van der Waals surface area contributed by atoms with E-state index in [2.05, 4.69) is 6.58 Å². The lowest BCUT2D eigenvalue weighted by molar-refractivity contribution is 0.0445. The second kappa shape index (κ2) is 7.76. The minimum Gasteiger partial charge on any atom is -0.497 e. The maximum Gasteiger partial charge on any atom is 0.375 e. The molecule has 0 fully saturated rings. The highest BCUT2D eigenvalue weighted by molar-refractivity contribution is 6.01. The van der Waals surface area contributed by atoms with Crippen LogP contribution >= 0.6 is 0 Å². The fourth-order valence-electron chi connectivity index (χ4n) is 3.29. The molecule has 0 aliphatic heterocycles. The number of aryl methyl sites for hydroxylation is 2. The van der Waals surface area contributed by atoms with Gasteiger partial charge < -0.3 is 18.5 Å². The molecule has 0 atom stereocenters. The van der Waals surface area contributed by atoms with Crippen molar-refractivity contribution in [2.24, 2.45) is 0 Å². The number of allylic oxidation sites excluding steroid dienone is 1. The standard InChI is InChI=1S/C22H23NO5/c1-6-9-23-13(2)10-18(15(23)4)19(24)12-27-22(25)21-14(3)17-11-16(26-5)7-8-20(17)28-21/h6-8,10-11H,1,9,12H2,2-5H3. The van der Waals surface area contributed by atoms with Crippen molar-refractivity contribution in [3.63, 3.8) is 0 Å². The zero-order valence-corrected chi connectivity index (χ0v) is 16.5. The molecule has 6 heteroatoms. The van der Waals surface area contributed by atoms with Gasteiger partial charge in [0.2, 0.25) is 11.5 Å². The molecule has 0 unspecified atom stereocenters. The Balaban J connectivity index is 1.76. The van der Waals surface area contributed by atoms with Gasteiger partial charge in [0.1, 0.15) is 11.3 Å². The lowest BCUT2D eigenvalue weighted by atomic mass is 10.1. The first-order valence-corrected chi connectivity index (χ1v) is 8.92. The summed E-state index contributed by atoms with van der Waals surface area (Å²) in [4.78, 5) is 25.0. The zero-order valence-electron chi connectivity index (χ0n) is 16.5. The molecule has 0 saturated carbocycles. The van der Waals surface area contributed by atoms with Crippen molar-refractivity contribution in [3.8, 4) is 5.75 Å². The summed E-state index contributed by atoms with van der Waals surface area (Å²) in [6, 6.07) is 7.08. The number of aromatic nitrogens is 1. The molecule has 2 heterocycles. The summed E-state index contributed by atoms with van der Waals surface area (Å²) in [5, 5.41) is 0.769. The molecule has 28 heavy (non-hydrogen) atoms. The highest BCUT2D eigenvalue weighted by atomic mass is 16.5. The molecule has 0 spiro atoms. The monoisotopic (exact) mass is 381 g/mol. The molecule has 0 bridgehead atoms. The molecule has 0 amide bonds. The predicted molar refractivity (Wildman–Crippen MR) is 106 cm³/mol. The van der Waals surface area contributed by atoms with E-state index in [4.69, 9.17) is 13.9 Å². The number of furan rings is 1. The van der Waals surface area contributed by atoms with Crippen LogP contribution in [0.1, 0.15) is 37.9 Å². The molecule has 0 saturated heterocycles. The van der Waals surface area contributed by atoms with E-state index in [9.17, 15) is 9.59 Å². The van der Waals surface area contributed by atoms with Gasteiger partial charge >= 0.3 is 5.97 Å². The number of carbonyl (C=O) groups excluding carboxylic acids is 2. The number of carbonyl (C=O) groups is 2. The van der Waals surface area contributed by atoms with E-state index in [1.54, 1.807) is 44.4 Å². The minimum atomic E-state index is -0.666. The lowest BCUT2D eigenvalue weighted by Crippen LogP contribution is -2.15. The number of methoxy groups -OCH3 is 1. The summed E-state index contributed by atoms with van der Waals surface area (Å²) in [6.45, 7) is 9.55. The van der Waals surface area contributed by atoms with Crippen LogP contribution in [0.15, 0.2) is 41.3 Å². The highest BCUT2D eigenvalue weighted by Crippen LogP contribution is 2.29. The van der Waals surface area contributed by atoms with Gasteiger partial charge in [0.05, 0.1) is 7.11 Å². The van der Waals surface area contributed by atoms with E-state index in [1.165, 1.54) is 0 Å². The molecule has 0 radical (unpaired) electrons. The Morgan fingerprint density at radius 3 is 2.64 bits per heavy atom. The molecule has 3 rings (SSSR count). The van der Waals surface area contributed by atoms with Crippen molar-refractivity contribution in [2.75, 3.05) is 13.7 Å². The van der Waals surface area contributed by atoms with Gasteiger partial charge in [0, 0.05) is 34.4 Å². The smallest absolute Gasteiger partial charge is 0.375 e. The largest absolute Gasteiger partial charge is 0.497 e. The third-order valence-corrected chi connectivity index (χ3v) is 4.85. The molecule has 0 aliphatic rings. The summed E-state index contributed by atoms with van der Waals surface area (Å²) < 4.78 is 18.0. The number of hydrogen-bond acceptors (Lipinski definition) is 5. The molecular formula is C22H23NO5. The average molecular weight is 381 g/mol. The quantitative estimate of drug-likeness (QED) is 0.345. The number of nitrogens with zero attached hydrogens (tertiary/aromatic N) is 1. The van der Waals surface area contributed by atoms with Crippen LogP contribution < -0.4 is 4.74 Å². The number of ketones is 1. The van der Waals surface area contributed by atoms with Crippen LogP contribution in [0.2, 0.25) is 0 Å². The van der Waals surface area contributed by atoms with Crippen molar-refractivity contribution in [3.05, 3.63) is 65.2 Å². The van der Waals surface area contributed by atoms with Crippen molar-refractivity contribution in [1.82, 2.24) is 4.57 Å². The Hall–Kier alpha value is -3.28. The van der Waals surface area contributed by atoms with Gasteiger partial charge in [-0.25, -0.2) is 4.79 Å².